The number of halogens is 1. The first-order chi connectivity index (χ1) is 9.45. The monoisotopic (exact) mass is 273 g/mol. The fraction of sp³-hybridized carbons (Fsp3) is 0.294. The van der Waals surface area contributed by atoms with Gasteiger partial charge in [-0.05, 0) is 44.5 Å². The molecular weight excluding hydrogens is 253 g/mol. The third-order valence-electron chi connectivity index (χ3n) is 3.14. The smallest absolute Gasteiger partial charge is 0.124 e. The van der Waals surface area contributed by atoms with Crippen LogP contribution in [-0.2, 0) is 6.61 Å². The van der Waals surface area contributed by atoms with Crippen molar-refractivity contribution >= 4 is 0 Å². The Morgan fingerprint density at radius 1 is 1.10 bits per heavy atom. The summed E-state index contributed by atoms with van der Waals surface area (Å²) in [7, 11) is 0. The van der Waals surface area contributed by atoms with E-state index in [4.69, 9.17) is 10.5 Å². The molecule has 0 aliphatic rings. The van der Waals surface area contributed by atoms with Gasteiger partial charge in [0.2, 0.25) is 0 Å². The highest BCUT2D eigenvalue weighted by Gasteiger charge is 2.10. The van der Waals surface area contributed by atoms with Crippen LogP contribution >= 0.6 is 0 Å². The molecule has 20 heavy (non-hydrogen) atoms. The third-order valence-corrected chi connectivity index (χ3v) is 3.14. The largest absolute Gasteiger partial charge is 0.489 e. The second-order valence-electron chi connectivity index (χ2n) is 5.26. The van der Waals surface area contributed by atoms with E-state index < -0.39 is 0 Å². The molecule has 0 heterocycles. The zero-order valence-corrected chi connectivity index (χ0v) is 12.1. The summed E-state index contributed by atoms with van der Waals surface area (Å²) in [5.74, 6) is 0.344. The van der Waals surface area contributed by atoms with E-state index >= 15 is 0 Å². The minimum Gasteiger partial charge on any atom is -0.489 e. The topological polar surface area (TPSA) is 35.2 Å². The lowest BCUT2D eigenvalue weighted by molar-refractivity contribution is 0.300. The second-order valence-corrected chi connectivity index (χ2v) is 5.26. The predicted octanol–water partition coefficient (Wildman–Crippen LogP) is 4.04. The molecule has 106 valence electrons. The Hall–Kier alpha value is -1.87. The quantitative estimate of drug-likeness (QED) is 0.912. The molecule has 2 nitrogen and oxygen atoms in total. The molecule has 2 aromatic carbocycles. The van der Waals surface area contributed by atoms with E-state index in [1.54, 1.807) is 6.07 Å². The van der Waals surface area contributed by atoms with Crippen LogP contribution in [0.2, 0.25) is 0 Å². The fourth-order valence-electron chi connectivity index (χ4n) is 2.32. The highest BCUT2D eigenvalue weighted by atomic mass is 19.1. The van der Waals surface area contributed by atoms with E-state index in [1.807, 2.05) is 6.92 Å². The molecule has 0 bridgehead atoms. The Bertz CT molecular complexity index is 588. The molecule has 0 aliphatic heterocycles. The van der Waals surface area contributed by atoms with Gasteiger partial charge in [-0.25, -0.2) is 4.39 Å². The first-order valence-corrected chi connectivity index (χ1v) is 6.70. The van der Waals surface area contributed by atoms with Crippen LogP contribution in [0, 0.1) is 19.7 Å². The molecule has 0 saturated heterocycles. The Morgan fingerprint density at radius 2 is 1.75 bits per heavy atom. The zero-order chi connectivity index (χ0) is 14.7. The van der Waals surface area contributed by atoms with E-state index in [0.29, 0.717) is 17.9 Å². The van der Waals surface area contributed by atoms with Crippen molar-refractivity contribution in [1.29, 1.82) is 0 Å². The van der Waals surface area contributed by atoms with Crippen LogP contribution in [0.4, 0.5) is 4.39 Å². The Morgan fingerprint density at radius 3 is 2.35 bits per heavy atom. The molecule has 0 spiro atoms. The number of hydrogen-bond donors (Lipinski definition) is 1. The van der Waals surface area contributed by atoms with Crippen LogP contribution in [-0.4, -0.2) is 0 Å². The van der Waals surface area contributed by atoms with Crippen molar-refractivity contribution in [3.05, 3.63) is 64.5 Å². The summed E-state index contributed by atoms with van der Waals surface area (Å²) in [6, 6.07) is 10.5. The van der Waals surface area contributed by atoms with Gasteiger partial charge in [-0.2, -0.15) is 0 Å². The molecule has 1 atom stereocenters. The summed E-state index contributed by atoms with van der Waals surface area (Å²) in [5.41, 5.74) is 10.1. The highest BCUT2D eigenvalue weighted by molar-refractivity contribution is 5.36. The van der Waals surface area contributed by atoms with Crippen LogP contribution in [0.25, 0.3) is 0 Å². The zero-order valence-electron chi connectivity index (χ0n) is 12.1. The maximum absolute atomic E-state index is 13.3. The predicted molar refractivity (Wildman–Crippen MR) is 79.3 cm³/mol. The lowest BCUT2D eigenvalue weighted by Crippen LogP contribution is -2.08. The van der Waals surface area contributed by atoms with E-state index in [9.17, 15) is 4.39 Å². The first-order valence-electron chi connectivity index (χ1n) is 6.70. The SMILES string of the molecule is Cc1cc(C)cc(COc2ccc(F)cc2[C@H](C)N)c1. The summed E-state index contributed by atoms with van der Waals surface area (Å²) in [6.07, 6.45) is 0. The number of rotatable bonds is 4. The van der Waals surface area contributed by atoms with Crippen LogP contribution in [0.15, 0.2) is 36.4 Å². The third kappa shape index (κ3) is 3.58. The van der Waals surface area contributed by atoms with Gasteiger partial charge >= 0.3 is 0 Å². The van der Waals surface area contributed by atoms with Crippen molar-refractivity contribution in [1.82, 2.24) is 0 Å². The highest BCUT2D eigenvalue weighted by Crippen LogP contribution is 2.25. The van der Waals surface area contributed by atoms with E-state index in [-0.39, 0.29) is 11.9 Å². The summed E-state index contributed by atoms with van der Waals surface area (Å²) in [4.78, 5) is 0. The van der Waals surface area contributed by atoms with Crippen LogP contribution < -0.4 is 10.5 Å². The average molecular weight is 273 g/mol. The number of ether oxygens (including phenoxy) is 1. The maximum atomic E-state index is 13.3. The Labute approximate surface area is 119 Å². The maximum Gasteiger partial charge on any atom is 0.124 e. The molecule has 2 rings (SSSR count). The van der Waals surface area contributed by atoms with Gasteiger partial charge in [-0.3, -0.25) is 0 Å². The van der Waals surface area contributed by atoms with Gasteiger partial charge in [0, 0.05) is 11.6 Å². The molecule has 3 heteroatoms. The summed E-state index contributed by atoms with van der Waals surface area (Å²) < 4.78 is 19.1. The molecule has 2 N–H and O–H groups in total. The van der Waals surface area contributed by atoms with Crippen molar-refractivity contribution in [3.8, 4) is 5.75 Å². The van der Waals surface area contributed by atoms with Crippen molar-refractivity contribution in [2.24, 2.45) is 5.73 Å². The molecule has 0 fully saturated rings. The van der Waals surface area contributed by atoms with Crippen LogP contribution in [0.1, 0.15) is 35.2 Å². The van der Waals surface area contributed by atoms with Crippen molar-refractivity contribution in [2.45, 2.75) is 33.4 Å². The van der Waals surface area contributed by atoms with Crippen molar-refractivity contribution in [2.75, 3.05) is 0 Å². The van der Waals surface area contributed by atoms with E-state index in [0.717, 1.165) is 5.56 Å². The van der Waals surface area contributed by atoms with Gasteiger partial charge in [-0.1, -0.05) is 29.3 Å². The van der Waals surface area contributed by atoms with Gasteiger partial charge < -0.3 is 10.5 Å². The van der Waals surface area contributed by atoms with Crippen LogP contribution in [0.5, 0.6) is 5.75 Å². The lowest BCUT2D eigenvalue weighted by Gasteiger charge is -2.14. The van der Waals surface area contributed by atoms with Crippen molar-refractivity contribution in [3.63, 3.8) is 0 Å². The average Bonchev–Trinajstić information content (AvgIpc) is 2.36. The molecule has 0 unspecified atom stereocenters. The number of aryl methyl sites for hydroxylation is 2. The molecule has 2 aromatic rings. The van der Waals surface area contributed by atoms with Crippen LogP contribution in [0.3, 0.4) is 0 Å². The summed E-state index contributed by atoms with van der Waals surface area (Å²) in [5, 5.41) is 0. The Balaban J connectivity index is 2.18. The molecule has 0 radical (unpaired) electrons. The molecule has 0 aliphatic carbocycles. The molecule has 0 amide bonds. The van der Waals surface area contributed by atoms with E-state index in [2.05, 4.69) is 32.0 Å². The van der Waals surface area contributed by atoms with Gasteiger partial charge in [0.15, 0.2) is 0 Å². The summed E-state index contributed by atoms with van der Waals surface area (Å²) >= 11 is 0. The van der Waals surface area contributed by atoms with Gasteiger partial charge in [0.05, 0.1) is 0 Å². The fourth-order valence-corrected chi connectivity index (χ4v) is 2.32. The minimum atomic E-state index is -0.295. The van der Waals surface area contributed by atoms with Gasteiger partial charge in [-0.15, -0.1) is 0 Å². The van der Waals surface area contributed by atoms with Gasteiger partial charge in [0.25, 0.3) is 0 Å². The number of benzene rings is 2. The van der Waals surface area contributed by atoms with Gasteiger partial charge in [0.1, 0.15) is 18.2 Å². The number of hydrogen-bond acceptors (Lipinski definition) is 2. The first kappa shape index (κ1) is 14.5. The molecular formula is C17H20FNO. The van der Waals surface area contributed by atoms with Crippen molar-refractivity contribution < 1.29 is 9.13 Å². The second kappa shape index (κ2) is 6.06. The number of nitrogens with two attached hydrogens (primary N) is 1. The standard InChI is InChI=1S/C17H20FNO/c1-11-6-12(2)8-14(7-11)10-20-17-5-4-15(18)9-16(17)13(3)19/h4-9,13H,10,19H2,1-3H3/t13-/m0/s1. The molecule has 0 aromatic heterocycles. The minimum absolute atomic E-state index is 0.264. The normalized spacial score (nSPS) is 12.2. The summed E-state index contributed by atoms with van der Waals surface area (Å²) in [6.45, 7) is 6.38. The Kier molecular flexibility index (Phi) is 4.40. The van der Waals surface area contributed by atoms with E-state index in [1.165, 1.54) is 23.3 Å². The lowest BCUT2D eigenvalue weighted by atomic mass is 10.1. The molecule has 0 saturated carbocycles.